The van der Waals surface area contributed by atoms with Gasteiger partial charge in [0.2, 0.25) is 0 Å². The number of ether oxygens (including phenoxy) is 1. The lowest BCUT2D eigenvalue weighted by Crippen LogP contribution is -2.24. The van der Waals surface area contributed by atoms with E-state index in [9.17, 15) is 24.0 Å². The van der Waals surface area contributed by atoms with Crippen LogP contribution in [0.4, 0.5) is 0 Å². The van der Waals surface area contributed by atoms with E-state index in [0.29, 0.717) is 18.4 Å². The molecule has 1 atom stereocenters. The second kappa shape index (κ2) is 16.6. The van der Waals surface area contributed by atoms with Crippen molar-refractivity contribution in [3.05, 3.63) is 71.8 Å². The summed E-state index contributed by atoms with van der Waals surface area (Å²) in [7, 11) is 0. The summed E-state index contributed by atoms with van der Waals surface area (Å²) in [5.41, 5.74) is 1.28. The standard InChI is InChI=1S/C13H14O5.C13H16O4/c14-11(15)8-4-7-10(13(17)18)12(16)9-5-2-1-3-6-9;14-12(15)8-4-5-9-13(16)17-10-11-6-2-1-3-7-11/h1-3,5-6,10H,4,7-8H2,(H,14,15)(H,17,18);1-3,6-7H,4-5,8-10H2,(H,14,15). The monoisotopic (exact) mass is 486 g/mol. The highest BCUT2D eigenvalue weighted by molar-refractivity contribution is 6.08. The number of Topliss-reactive ketones (excluding diaryl/α,β-unsaturated/α-hetero) is 1. The molecule has 0 aliphatic heterocycles. The molecule has 9 nitrogen and oxygen atoms in total. The number of carbonyl (C=O) groups is 5. The molecule has 0 fully saturated rings. The molecule has 0 aliphatic rings. The Bertz CT molecular complexity index is 955. The summed E-state index contributed by atoms with van der Waals surface area (Å²) in [5, 5.41) is 25.9. The fourth-order valence-electron chi connectivity index (χ4n) is 2.98. The molecule has 0 spiro atoms. The molecule has 0 saturated carbocycles. The first-order valence-corrected chi connectivity index (χ1v) is 11.2. The Morgan fingerprint density at radius 3 is 1.74 bits per heavy atom. The van der Waals surface area contributed by atoms with Crippen LogP contribution in [0, 0.1) is 5.92 Å². The third-order valence-corrected chi connectivity index (χ3v) is 4.82. The zero-order chi connectivity index (χ0) is 26.1. The SMILES string of the molecule is O=C(O)CCCC(C(=O)O)C(=O)c1ccccc1.O=C(O)CCCCC(=O)OCc1ccccc1. The topological polar surface area (TPSA) is 155 Å². The minimum atomic E-state index is -1.21. The van der Waals surface area contributed by atoms with Gasteiger partial charge >= 0.3 is 23.9 Å². The first-order valence-electron chi connectivity index (χ1n) is 11.2. The fourth-order valence-corrected chi connectivity index (χ4v) is 2.98. The maximum absolute atomic E-state index is 11.9. The highest BCUT2D eigenvalue weighted by Gasteiger charge is 2.26. The number of rotatable bonds is 14. The van der Waals surface area contributed by atoms with E-state index in [2.05, 4.69) is 0 Å². The van der Waals surface area contributed by atoms with Gasteiger partial charge in [-0.2, -0.15) is 0 Å². The van der Waals surface area contributed by atoms with Gasteiger partial charge in [0.05, 0.1) is 0 Å². The summed E-state index contributed by atoms with van der Waals surface area (Å²) in [6.07, 6.45) is 1.52. The van der Waals surface area contributed by atoms with E-state index in [4.69, 9.17) is 20.1 Å². The predicted molar refractivity (Wildman–Crippen MR) is 126 cm³/mol. The molecule has 0 heterocycles. The van der Waals surface area contributed by atoms with Crippen molar-refractivity contribution in [3.8, 4) is 0 Å². The molecule has 2 aromatic carbocycles. The Balaban J connectivity index is 0.000000351. The van der Waals surface area contributed by atoms with Crippen LogP contribution in [-0.4, -0.2) is 45.0 Å². The third kappa shape index (κ3) is 13.3. The van der Waals surface area contributed by atoms with Crippen molar-refractivity contribution >= 4 is 29.7 Å². The predicted octanol–water partition coefficient (Wildman–Crippen LogP) is 4.20. The Morgan fingerprint density at radius 2 is 1.20 bits per heavy atom. The third-order valence-electron chi connectivity index (χ3n) is 4.82. The van der Waals surface area contributed by atoms with Gasteiger partial charge in [-0.1, -0.05) is 60.7 Å². The van der Waals surface area contributed by atoms with E-state index < -0.39 is 29.6 Å². The average Bonchev–Trinajstić information content (AvgIpc) is 2.84. The van der Waals surface area contributed by atoms with Gasteiger partial charge in [0.1, 0.15) is 12.5 Å². The number of carboxylic acid groups (broad SMARTS) is 3. The Labute approximate surface area is 203 Å². The summed E-state index contributed by atoms with van der Waals surface area (Å²) in [4.78, 5) is 54.8. The molecule has 0 aromatic heterocycles. The number of hydrogen-bond donors (Lipinski definition) is 3. The lowest BCUT2D eigenvalue weighted by Gasteiger charge is -2.10. The molecular weight excluding hydrogens is 456 g/mol. The van der Waals surface area contributed by atoms with Crippen molar-refractivity contribution in [2.75, 3.05) is 0 Å². The van der Waals surface area contributed by atoms with Gasteiger partial charge in [-0.25, -0.2) is 0 Å². The summed E-state index contributed by atoms with van der Waals surface area (Å²) >= 11 is 0. The highest BCUT2D eigenvalue weighted by atomic mass is 16.5. The van der Waals surface area contributed by atoms with Crippen LogP contribution >= 0.6 is 0 Å². The van der Waals surface area contributed by atoms with Gasteiger partial charge in [-0.05, 0) is 31.2 Å². The number of esters is 1. The number of hydrogen-bond acceptors (Lipinski definition) is 6. The molecule has 2 aromatic rings. The molecular formula is C26H30O9. The fraction of sp³-hybridized carbons (Fsp3) is 0.346. The van der Waals surface area contributed by atoms with Crippen molar-refractivity contribution in [1.82, 2.24) is 0 Å². The Morgan fingerprint density at radius 1 is 0.686 bits per heavy atom. The van der Waals surface area contributed by atoms with Gasteiger partial charge in [0.25, 0.3) is 0 Å². The second-order valence-corrected chi connectivity index (χ2v) is 7.65. The minimum Gasteiger partial charge on any atom is -0.481 e. The van der Waals surface area contributed by atoms with Gasteiger partial charge < -0.3 is 20.1 Å². The van der Waals surface area contributed by atoms with Crippen LogP contribution in [-0.2, 0) is 30.5 Å². The number of ketones is 1. The zero-order valence-electron chi connectivity index (χ0n) is 19.3. The van der Waals surface area contributed by atoms with E-state index >= 15 is 0 Å². The number of carboxylic acids is 3. The molecule has 1 unspecified atom stereocenters. The summed E-state index contributed by atoms with van der Waals surface area (Å²) in [5.74, 6) is -4.97. The van der Waals surface area contributed by atoms with Crippen LogP contribution in [0.2, 0.25) is 0 Å². The van der Waals surface area contributed by atoms with Gasteiger partial charge in [0, 0.05) is 24.8 Å². The van der Waals surface area contributed by atoms with E-state index in [0.717, 1.165) is 5.56 Å². The van der Waals surface area contributed by atoms with Crippen LogP contribution < -0.4 is 0 Å². The molecule has 2 rings (SSSR count). The van der Waals surface area contributed by atoms with Crippen molar-refractivity contribution in [2.45, 2.75) is 51.6 Å². The first-order chi connectivity index (χ1) is 16.7. The highest BCUT2D eigenvalue weighted by Crippen LogP contribution is 2.16. The number of aliphatic carboxylic acids is 3. The lowest BCUT2D eigenvalue weighted by molar-refractivity contribution is -0.145. The molecule has 35 heavy (non-hydrogen) atoms. The average molecular weight is 487 g/mol. The van der Waals surface area contributed by atoms with E-state index in [1.807, 2.05) is 30.3 Å². The number of carbonyl (C=O) groups excluding carboxylic acids is 2. The van der Waals surface area contributed by atoms with Crippen molar-refractivity contribution in [2.24, 2.45) is 5.92 Å². The summed E-state index contributed by atoms with van der Waals surface area (Å²) in [6.45, 7) is 0.276. The van der Waals surface area contributed by atoms with Crippen LogP contribution in [0.15, 0.2) is 60.7 Å². The minimum absolute atomic E-state index is 0.0371. The molecule has 9 heteroatoms. The molecule has 0 radical (unpaired) electrons. The molecule has 0 amide bonds. The van der Waals surface area contributed by atoms with Crippen molar-refractivity contribution < 1.29 is 44.0 Å². The number of benzene rings is 2. The van der Waals surface area contributed by atoms with E-state index in [1.165, 1.54) is 0 Å². The Kier molecular flexibility index (Phi) is 13.7. The molecule has 0 bridgehead atoms. The molecule has 188 valence electrons. The van der Waals surface area contributed by atoms with Crippen LogP contribution in [0.25, 0.3) is 0 Å². The summed E-state index contributed by atoms with van der Waals surface area (Å²) in [6, 6.07) is 17.6. The van der Waals surface area contributed by atoms with E-state index in [1.54, 1.807) is 30.3 Å². The van der Waals surface area contributed by atoms with Crippen LogP contribution in [0.5, 0.6) is 0 Å². The lowest BCUT2D eigenvalue weighted by atomic mass is 9.93. The first kappa shape index (κ1) is 29.0. The molecule has 0 saturated heterocycles. The van der Waals surface area contributed by atoms with Gasteiger partial charge in [-0.3, -0.25) is 24.0 Å². The second-order valence-electron chi connectivity index (χ2n) is 7.65. The number of unbranched alkanes of at least 4 members (excludes halogenated alkanes) is 1. The van der Waals surface area contributed by atoms with Crippen molar-refractivity contribution in [3.63, 3.8) is 0 Å². The van der Waals surface area contributed by atoms with E-state index in [-0.39, 0.29) is 44.7 Å². The smallest absolute Gasteiger partial charge is 0.314 e. The van der Waals surface area contributed by atoms with Crippen LogP contribution in [0.3, 0.4) is 0 Å². The quantitative estimate of drug-likeness (QED) is 0.154. The van der Waals surface area contributed by atoms with Gasteiger partial charge in [0.15, 0.2) is 5.78 Å². The maximum atomic E-state index is 11.9. The zero-order valence-corrected chi connectivity index (χ0v) is 19.3. The van der Waals surface area contributed by atoms with Gasteiger partial charge in [-0.15, -0.1) is 0 Å². The summed E-state index contributed by atoms with van der Waals surface area (Å²) < 4.78 is 5.05. The maximum Gasteiger partial charge on any atom is 0.314 e. The molecule has 0 aliphatic carbocycles. The molecule has 3 N–H and O–H groups in total. The van der Waals surface area contributed by atoms with Crippen LogP contribution in [0.1, 0.15) is 60.9 Å². The van der Waals surface area contributed by atoms with Crippen molar-refractivity contribution in [1.29, 1.82) is 0 Å². The Hall–Kier alpha value is -4.01. The normalized spacial score (nSPS) is 10.9. The largest absolute Gasteiger partial charge is 0.481 e.